The molecule has 34 heavy (non-hydrogen) atoms. The Labute approximate surface area is 202 Å². The Bertz CT molecular complexity index is 1410. The van der Waals surface area contributed by atoms with Crippen LogP contribution in [0.3, 0.4) is 0 Å². The Morgan fingerprint density at radius 1 is 1.12 bits per heavy atom. The van der Waals surface area contributed by atoms with Crippen LogP contribution in [0, 0.1) is 20.8 Å². The van der Waals surface area contributed by atoms with Crippen LogP contribution in [0.15, 0.2) is 52.4 Å². The summed E-state index contributed by atoms with van der Waals surface area (Å²) in [6, 6.07) is 13.4. The number of carbonyl (C=O) groups excluding carboxylic acids is 1. The fourth-order valence-corrected chi connectivity index (χ4v) is 4.69. The smallest absolute Gasteiger partial charge is 0.258 e. The number of nitrogens with zero attached hydrogens (tertiary/aromatic N) is 5. The summed E-state index contributed by atoms with van der Waals surface area (Å²) in [7, 11) is 0. The number of hydrogen-bond donors (Lipinski definition) is 1. The van der Waals surface area contributed by atoms with Crippen molar-refractivity contribution in [3.63, 3.8) is 0 Å². The van der Waals surface area contributed by atoms with Gasteiger partial charge in [-0.25, -0.2) is 4.98 Å². The van der Waals surface area contributed by atoms with E-state index < -0.39 is 0 Å². The molecule has 0 saturated heterocycles. The van der Waals surface area contributed by atoms with Gasteiger partial charge in [0.2, 0.25) is 5.91 Å². The molecule has 2 heterocycles. The van der Waals surface area contributed by atoms with Crippen LogP contribution in [0.5, 0.6) is 0 Å². The summed E-state index contributed by atoms with van der Waals surface area (Å²) in [6.07, 6.45) is 0. The topological polar surface area (TPSA) is 96.8 Å². The van der Waals surface area contributed by atoms with Gasteiger partial charge in [0.1, 0.15) is 11.6 Å². The van der Waals surface area contributed by atoms with Gasteiger partial charge in [0, 0.05) is 6.04 Å². The molecule has 0 bridgehead atoms. The number of para-hydroxylation sites is 1. The number of benzene rings is 2. The van der Waals surface area contributed by atoms with Gasteiger partial charge in [0.05, 0.1) is 28.9 Å². The van der Waals surface area contributed by atoms with Crippen molar-refractivity contribution in [2.24, 2.45) is 0 Å². The molecule has 0 fully saturated rings. The highest BCUT2D eigenvalue weighted by Gasteiger charge is 2.21. The van der Waals surface area contributed by atoms with Gasteiger partial charge in [0.15, 0.2) is 5.16 Å². The van der Waals surface area contributed by atoms with Crippen LogP contribution in [-0.2, 0) is 11.3 Å². The second-order valence-electron chi connectivity index (χ2n) is 8.59. The van der Waals surface area contributed by atoms with Crippen molar-refractivity contribution < 1.29 is 4.79 Å². The molecule has 2 aromatic carbocycles. The lowest BCUT2D eigenvalue weighted by Gasteiger charge is -2.26. The molecule has 0 aliphatic heterocycles. The van der Waals surface area contributed by atoms with Gasteiger partial charge in [-0.05, 0) is 63.9 Å². The molecule has 1 N–H and O–H groups in total. The molecule has 0 unspecified atom stereocenters. The van der Waals surface area contributed by atoms with Gasteiger partial charge in [-0.15, -0.1) is 10.2 Å². The number of thioether (sulfide) groups is 1. The number of aromatic nitrogens is 5. The summed E-state index contributed by atoms with van der Waals surface area (Å²) in [6.45, 7) is 10.1. The molecule has 0 atom stereocenters. The number of nitrogens with one attached hydrogen (secondary N) is 1. The monoisotopic (exact) mass is 476 g/mol. The molecule has 0 radical (unpaired) electrons. The van der Waals surface area contributed by atoms with Gasteiger partial charge in [-0.3, -0.25) is 14.2 Å². The van der Waals surface area contributed by atoms with Gasteiger partial charge in [0.25, 0.3) is 5.56 Å². The van der Waals surface area contributed by atoms with Crippen LogP contribution >= 0.6 is 11.8 Å². The average Bonchev–Trinajstić information content (AvgIpc) is 3.17. The van der Waals surface area contributed by atoms with Crippen molar-refractivity contribution in [1.29, 1.82) is 0 Å². The van der Waals surface area contributed by atoms with E-state index in [2.05, 4.69) is 38.4 Å². The summed E-state index contributed by atoms with van der Waals surface area (Å²) in [4.78, 5) is 34.7. The average molecular weight is 477 g/mol. The highest BCUT2D eigenvalue weighted by atomic mass is 32.2. The van der Waals surface area contributed by atoms with E-state index in [1.807, 2.05) is 45.3 Å². The van der Waals surface area contributed by atoms with Gasteiger partial charge in [-0.1, -0.05) is 36.0 Å². The SMILES string of the molecule is Cc1ccc(C)c(-n2c(C)nnc2SCC(=O)N(Cc2nc3ccccc3c(=O)[nH]2)C(C)C)c1. The first kappa shape index (κ1) is 23.7. The standard InChI is InChI=1S/C25H28N6O2S/c1-15(2)30(13-22-26-20-9-7-6-8-19(20)24(33)27-22)23(32)14-34-25-29-28-18(5)31(25)21-12-16(3)10-11-17(21)4/h6-12,15H,13-14H2,1-5H3,(H,26,27,33). The number of hydrogen-bond acceptors (Lipinski definition) is 6. The molecule has 176 valence electrons. The van der Waals surface area contributed by atoms with Gasteiger partial charge in [-0.2, -0.15) is 0 Å². The van der Waals surface area contributed by atoms with Crippen molar-refractivity contribution >= 4 is 28.6 Å². The second-order valence-corrected chi connectivity index (χ2v) is 9.53. The van der Waals surface area contributed by atoms with E-state index in [1.165, 1.54) is 11.8 Å². The Balaban J connectivity index is 1.54. The molecule has 4 aromatic rings. The molecule has 4 rings (SSSR count). The van der Waals surface area contributed by atoms with E-state index in [-0.39, 0.29) is 29.8 Å². The van der Waals surface area contributed by atoms with E-state index in [0.29, 0.717) is 21.9 Å². The van der Waals surface area contributed by atoms with Crippen LogP contribution in [0.25, 0.3) is 16.6 Å². The summed E-state index contributed by atoms with van der Waals surface area (Å²) in [5.74, 6) is 1.36. The molecular formula is C25H28N6O2S. The minimum atomic E-state index is -0.205. The number of rotatable bonds is 7. The zero-order valence-electron chi connectivity index (χ0n) is 20.0. The lowest BCUT2D eigenvalue weighted by molar-refractivity contribution is -0.130. The summed E-state index contributed by atoms with van der Waals surface area (Å²) < 4.78 is 1.99. The van der Waals surface area contributed by atoms with E-state index in [0.717, 1.165) is 22.6 Å². The third kappa shape index (κ3) is 4.89. The predicted octanol–water partition coefficient (Wildman–Crippen LogP) is 3.96. The van der Waals surface area contributed by atoms with Crippen LogP contribution in [0.1, 0.15) is 36.6 Å². The highest BCUT2D eigenvalue weighted by molar-refractivity contribution is 7.99. The van der Waals surface area contributed by atoms with Crippen molar-refractivity contribution in [3.05, 3.63) is 75.6 Å². The Morgan fingerprint density at radius 3 is 2.65 bits per heavy atom. The van der Waals surface area contributed by atoms with Crippen molar-refractivity contribution in [1.82, 2.24) is 29.6 Å². The molecule has 0 saturated carbocycles. The number of fused-ring (bicyclic) bond motifs is 1. The molecule has 2 aromatic heterocycles. The first-order valence-electron chi connectivity index (χ1n) is 11.1. The third-order valence-electron chi connectivity index (χ3n) is 5.65. The Kier molecular flexibility index (Phi) is 6.83. The number of aryl methyl sites for hydroxylation is 3. The van der Waals surface area contributed by atoms with Crippen molar-refractivity contribution in [2.45, 2.75) is 52.4 Å². The molecule has 1 amide bonds. The van der Waals surface area contributed by atoms with Crippen LogP contribution in [0.2, 0.25) is 0 Å². The first-order chi connectivity index (χ1) is 16.2. The van der Waals surface area contributed by atoms with Crippen LogP contribution < -0.4 is 5.56 Å². The summed E-state index contributed by atoms with van der Waals surface area (Å²) in [5.41, 5.74) is 3.67. The lowest BCUT2D eigenvalue weighted by atomic mass is 10.1. The molecule has 0 spiro atoms. The number of H-pyrrole nitrogens is 1. The Hall–Kier alpha value is -3.46. The number of aromatic amines is 1. The minimum Gasteiger partial charge on any atom is -0.332 e. The third-order valence-corrected chi connectivity index (χ3v) is 6.56. The second kappa shape index (κ2) is 9.80. The van der Waals surface area contributed by atoms with E-state index in [4.69, 9.17) is 0 Å². The molecule has 0 aliphatic carbocycles. The summed E-state index contributed by atoms with van der Waals surface area (Å²) in [5, 5.41) is 9.76. The quantitative estimate of drug-likeness (QED) is 0.406. The van der Waals surface area contributed by atoms with E-state index >= 15 is 0 Å². The highest BCUT2D eigenvalue weighted by Crippen LogP contribution is 2.25. The predicted molar refractivity (Wildman–Crippen MR) is 134 cm³/mol. The summed E-state index contributed by atoms with van der Waals surface area (Å²) >= 11 is 1.35. The van der Waals surface area contributed by atoms with Crippen molar-refractivity contribution in [3.8, 4) is 5.69 Å². The van der Waals surface area contributed by atoms with Gasteiger partial charge < -0.3 is 9.88 Å². The van der Waals surface area contributed by atoms with Crippen molar-refractivity contribution in [2.75, 3.05) is 5.75 Å². The maximum absolute atomic E-state index is 13.2. The zero-order valence-corrected chi connectivity index (χ0v) is 20.8. The largest absolute Gasteiger partial charge is 0.332 e. The maximum atomic E-state index is 13.2. The fraction of sp³-hybridized carbons (Fsp3) is 0.320. The van der Waals surface area contributed by atoms with E-state index in [1.54, 1.807) is 23.1 Å². The number of carbonyl (C=O) groups is 1. The maximum Gasteiger partial charge on any atom is 0.258 e. The molecule has 9 heteroatoms. The van der Waals surface area contributed by atoms with Crippen LogP contribution in [0.4, 0.5) is 0 Å². The van der Waals surface area contributed by atoms with Gasteiger partial charge >= 0.3 is 0 Å². The Morgan fingerprint density at radius 2 is 1.88 bits per heavy atom. The van der Waals surface area contributed by atoms with E-state index in [9.17, 15) is 9.59 Å². The molecule has 8 nitrogen and oxygen atoms in total. The lowest BCUT2D eigenvalue weighted by Crippen LogP contribution is -2.38. The first-order valence-corrected chi connectivity index (χ1v) is 12.1. The minimum absolute atomic E-state index is 0.0658. The zero-order chi connectivity index (χ0) is 24.4. The van der Waals surface area contributed by atoms with Crippen LogP contribution in [-0.4, -0.2) is 47.3 Å². The normalized spacial score (nSPS) is 11.4. The fourth-order valence-electron chi connectivity index (χ4n) is 3.81. The molecular weight excluding hydrogens is 448 g/mol. The number of amides is 1. The molecule has 0 aliphatic rings.